The number of carbonyl (C=O) groups excluding carboxylic acids is 1. The van der Waals surface area contributed by atoms with Crippen LogP contribution in [0.25, 0.3) is 5.52 Å². The number of hydrogen-bond donors (Lipinski definition) is 0. The van der Waals surface area contributed by atoms with Crippen molar-refractivity contribution in [3.63, 3.8) is 0 Å². The van der Waals surface area contributed by atoms with E-state index in [1.54, 1.807) is 22.8 Å². The third-order valence-electron chi connectivity index (χ3n) is 4.58. The van der Waals surface area contributed by atoms with Crippen LogP contribution < -0.4 is 0 Å². The van der Waals surface area contributed by atoms with Gasteiger partial charge in [-0.3, -0.25) is 4.79 Å². The molecule has 3 aromatic rings. The number of rotatable bonds is 1. The van der Waals surface area contributed by atoms with E-state index in [-0.39, 0.29) is 11.9 Å². The quantitative estimate of drug-likeness (QED) is 0.645. The van der Waals surface area contributed by atoms with Crippen molar-refractivity contribution in [2.75, 3.05) is 6.54 Å². The van der Waals surface area contributed by atoms with Crippen molar-refractivity contribution in [1.29, 1.82) is 0 Å². The van der Waals surface area contributed by atoms with Crippen LogP contribution in [0.3, 0.4) is 0 Å². The molecular formula is C18H15Cl2N3O. The van der Waals surface area contributed by atoms with Gasteiger partial charge < -0.3 is 4.90 Å². The predicted octanol–water partition coefficient (Wildman–Crippen LogP) is 4.40. The molecule has 1 aliphatic heterocycles. The van der Waals surface area contributed by atoms with E-state index in [9.17, 15) is 4.79 Å². The molecule has 1 unspecified atom stereocenters. The highest BCUT2D eigenvalue weighted by Crippen LogP contribution is 2.34. The van der Waals surface area contributed by atoms with E-state index in [2.05, 4.69) is 5.10 Å². The van der Waals surface area contributed by atoms with Crippen LogP contribution in [-0.4, -0.2) is 27.0 Å². The van der Waals surface area contributed by atoms with Gasteiger partial charge in [0.25, 0.3) is 5.91 Å². The summed E-state index contributed by atoms with van der Waals surface area (Å²) in [6.07, 6.45) is 2.45. The zero-order valence-corrected chi connectivity index (χ0v) is 14.6. The number of fused-ring (bicyclic) bond motifs is 2. The number of nitrogens with zero attached hydrogens (tertiary/aromatic N) is 3. The normalized spacial score (nSPS) is 17.1. The second kappa shape index (κ2) is 5.80. The molecule has 0 N–H and O–H groups in total. The van der Waals surface area contributed by atoms with Crippen LogP contribution in [0, 0.1) is 0 Å². The standard InChI is InChI=1S/C18H15Cl2N3O/c1-11-14-3-2-4-16(20)15(14)7-8-22(11)18(24)17-9-13-6-5-12(19)10-23(13)21-17/h2-6,9-11H,7-8H2,1H3. The van der Waals surface area contributed by atoms with Crippen LogP contribution in [0.15, 0.2) is 42.6 Å². The summed E-state index contributed by atoms with van der Waals surface area (Å²) >= 11 is 12.3. The highest BCUT2D eigenvalue weighted by molar-refractivity contribution is 6.31. The van der Waals surface area contributed by atoms with Crippen LogP contribution >= 0.6 is 23.2 Å². The minimum atomic E-state index is -0.0760. The van der Waals surface area contributed by atoms with Crippen molar-refractivity contribution in [1.82, 2.24) is 14.5 Å². The molecule has 0 aliphatic carbocycles. The Kier molecular flexibility index (Phi) is 3.74. The molecule has 4 nitrogen and oxygen atoms in total. The zero-order valence-electron chi connectivity index (χ0n) is 13.0. The summed E-state index contributed by atoms with van der Waals surface area (Å²) in [5.74, 6) is -0.0760. The SMILES string of the molecule is CC1c2cccc(Cl)c2CCN1C(=O)c1cc2ccc(Cl)cn2n1. The van der Waals surface area contributed by atoms with E-state index < -0.39 is 0 Å². The Bertz CT molecular complexity index is 951. The zero-order chi connectivity index (χ0) is 16.8. The van der Waals surface area contributed by atoms with Crippen LogP contribution in [0.2, 0.25) is 10.0 Å². The van der Waals surface area contributed by atoms with E-state index in [1.165, 1.54) is 0 Å². The maximum atomic E-state index is 12.9. The Balaban J connectivity index is 1.69. The summed E-state index contributed by atoms with van der Waals surface area (Å²) in [5.41, 5.74) is 3.51. The average molecular weight is 360 g/mol. The molecule has 24 heavy (non-hydrogen) atoms. The van der Waals surface area contributed by atoms with Crippen molar-refractivity contribution in [2.24, 2.45) is 0 Å². The Morgan fingerprint density at radius 3 is 2.92 bits per heavy atom. The summed E-state index contributed by atoms with van der Waals surface area (Å²) in [7, 11) is 0. The van der Waals surface area contributed by atoms with Crippen LogP contribution in [0.4, 0.5) is 0 Å². The lowest BCUT2D eigenvalue weighted by Gasteiger charge is -2.35. The molecule has 0 radical (unpaired) electrons. The second-order valence-corrected chi connectivity index (χ2v) is 6.82. The Labute approximate surface area is 149 Å². The minimum absolute atomic E-state index is 0.0339. The van der Waals surface area contributed by atoms with Gasteiger partial charge in [-0.1, -0.05) is 35.3 Å². The molecule has 1 atom stereocenters. The third kappa shape index (κ3) is 2.46. The van der Waals surface area contributed by atoms with Crippen LogP contribution in [0.5, 0.6) is 0 Å². The van der Waals surface area contributed by atoms with Crippen molar-refractivity contribution in [3.8, 4) is 0 Å². The Morgan fingerprint density at radius 2 is 2.08 bits per heavy atom. The molecule has 0 spiro atoms. The molecule has 0 fully saturated rings. The van der Waals surface area contributed by atoms with Crippen molar-refractivity contribution in [3.05, 3.63) is 69.5 Å². The van der Waals surface area contributed by atoms with E-state index in [1.807, 2.05) is 36.1 Å². The van der Waals surface area contributed by atoms with Gasteiger partial charge in [-0.25, -0.2) is 4.52 Å². The van der Waals surface area contributed by atoms with Gasteiger partial charge >= 0.3 is 0 Å². The van der Waals surface area contributed by atoms with Crippen molar-refractivity contribution >= 4 is 34.6 Å². The first kappa shape index (κ1) is 15.5. The molecule has 1 amide bonds. The summed E-state index contributed by atoms with van der Waals surface area (Å²) < 4.78 is 1.63. The maximum Gasteiger partial charge on any atom is 0.274 e. The van der Waals surface area contributed by atoms with Gasteiger partial charge in [0.05, 0.1) is 16.6 Å². The Morgan fingerprint density at radius 1 is 1.25 bits per heavy atom. The lowest BCUT2D eigenvalue weighted by Crippen LogP contribution is -2.39. The van der Waals surface area contributed by atoms with Crippen molar-refractivity contribution in [2.45, 2.75) is 19.4 Å². The number of pyridine rings is 1. The molecular weight excluding hydrogens is 345 g/mol. The fourth-order valence-corrected chi connectivity index (χ4v) is 3.75. The molecule has 0 saturated heterocycles. The molecule has 1 aromatic carbocycles. The number of aromatic nitrogens is 2. The number of halogens is 2. The van der Waals surface area contributed by atoms with E-state index >= 15 is 0 Å². The first-order valence-corrected chi connectivity index (χ1v) is 8.53. The summed E-state index contributed by atoms with van der Waals surface area (Å²) in [6, 6.07) is 11.3. The highest BCUT2D eigenvalue weighted by atomic mass is 35.5. The first-order chi connectivity index (χ1) is 11.5. The maximum absolute atomic E-state index is 12.9. The van der Waals surface area contributed by atoms with Gasteiger partial charge in [-0.2, -0.15) is 5.10 Å². The number of carbonyl (C=O) groups is 1. The second-order valence-electron chi connectivity index (χ2n) is 5.98. The van der Waals surface area contributed by atoms with Gasteiger partial charge in [0.1, 0.15) is 0 Å². The number of benzene rings is 1. The average Bonchev–Trinajstić information content (AvgIpc) is 2.98. The molecule has 4 rings (SSSR count). The lowest BCUT2D eigenvalue weighted by atomic mass is 9.93. The fraction of sp³-hybridized carbons (Fsp3) is 0.222. The minimum Gasteiger partial charge on any atom is -0.330 e. The van der Waals surface area contributed by atoms with Gasteiger partial charge in [0, 0.05) is 17.8 Å². The van der Waals surface area contributed by atoms with E-state index in [0.29, 0.717) is 17.3 Å². The molecule has 2 aromatic heterocycles. The van der Waals surface area contributed by atoms with Crippen molar-refractivity contribution < 1.29 is 4.79 Å². The van der Waals surface area contributed by atoms with Gasteiger partial charge in [0.2, 0.25) is 0 Å². The van der Waals surface area contributed by atoms with Crippen LogP contribution in [0.1, 0.15) is 34.6 Å². The Hall–Kier alpha value is -2.04. The smallest absolute Gasteiger partial charge is 0.274 e. The predicted molar refractivity (Wildman–Crippen MR) is 94.8 cm³/mol. The summed E-state index contributed by atoms with van der Waals surface area (Å²) in [4.78, 5) is 14.8. The van der Waals surface area contributed by atoms with Gasteiger partial charge in [0.15, 0.2) is 5.69 Å². The lowest BCUT2D eigenvalue weighted by molar-refractivity contribution is 0.0671. The number of hydrogen-bond acceptors (Lipinski definition) is 2. The molecule has 3 heterocycles. The third-order valence-corrected chi connectivity index (χ3v) is 5.16. The first-order valence-electron chi connectivity index (χ1n) is 7.78. The topological polar surface area (TPSA) is 37.6 Å². The van der Waals surface area contributed by atoms with E-state index in [0.717, 1.165) is 28.1 Å². The molecule has 1 aliphatic rings. The summed E-state index contributed by atoms with van der Waals surface area (Å²) in [5, 5.41) is 5.73. The van der Waals surface area contributed by atoms with E-state index in [4.69, 9.17) is 23.2 Å². The molecule has 6 heteroatoms. The largest absolute Gasteiger partial charge is 0.330 e. The highest BCUT2D eigenvalue weighted by Gasteiger charge is 2.30. The van der Waals surface area contributed by atoms with Crippen LogP contribution in [-0.2, 0) is 6.42 Å². The molecule has 0 bridgehead atoms. The van der Waals surface area contributed by atoms with Gasteiger partial charge in [-0.05, 0) is 48.7 Å². The fourth-order valence-electron chi connectivity index (χ4n) is 3.31. The summed E-state index contributed by atoms with van der Waals surface area (Å²) in [6.45, 7) is 2.66. The molecule has 0 saturated carbocycles. The molecule has 122 valence electrons. The number of amides is 1. The monoisotopic (exact) mass is 359 g/mol. The van der Waals surface area contributed by atoms with Gasteiger partial charge in [-0.15, -0.1) is 0 Å².